The van der Waals surface area contributed by atoms with Crippen LogP contribution in [-0.4, -0.2) is 51.5 Å². The summed E-state index contributed by atoms with van der Waals surface area (Å²) in [5.41, 5.74) is 15.3. The van der Waals surface area contributed by atoms with Gasteiger partial charge in [-0.05, 0) is 154 Å². The summed E-state index contributed by atoms with van der Waals surface area (Å²) in [6.45, 7) is 12.1. The Bertz CT molecular complexity index is 3850. The Labute approximate surface area is 499 Å². The normalized spacial score (nSPS) is 11.1. The monoisotopic (exact) mass is 1120 g/mol. The maximum atomic E-state index is 12.1. The van der Waals surface area contributed by atoms with Gasteiger partial charge < -0.3 is 33.7 Å². The number of para-hydroxylation sites is 4. The molecular weight excluding hydrogens is 1050 g/mol. The first-order valence-electron chi connectivity index (χ1n) is 29.0. The maximum Gasteiger partial charge on any atom is 0.336 e. The minimum absolute atomic E-state index is 0.284. The van der Waals surface area contributed by atoms with Crippen molar-refractivity contribution in [2.75, 3.05) is 55.1 Å². The highest BCUT2D eigenvalue weighted by atomic mass is 16.5. The Morgan fingerprint density at radius 1 is 0.459 bits per heavy atom. The van der Waals surface area contributed by atoms with E-state index in [9.17, 15) is 9.90 Å². The third-order valence-corrected chi connectivity index (χ3v) is 15.2. The second kappa shape index (κ2) is 27.6. The first kappa shape index (κ1) is 57.8. The van der Waals surface area contributed by atoms with Gasteiger partial charge in [0.15, 0.2) is 0 Å². The highest BCUT2D eigenvalue weighted by molar-refractivity contribution is 6.08. The van der Waals surface area contributed by atoms with Gasteiger partial charge in [0, 0.05) is 92.7 Å². The molecule has 0 atom stereocenters. The molecule has 0 amide bonds. The number of hydrogen-bond donors (Lipinski definition) is 1. The molecule has 0 bridgehead atoms. The number of anilines is 7. The van der Waals surface area contributed by atoms with Crippen molar-refractivity contribution in [2.45, 2.75) is 27.7 Å². The fourth-order valence-electron chi connectivity index (χ4n) is 10.9. The Morgan fingerprint density at radius 3 is 1.31 bits per heavy atom. The van der Waals surface area contributed by atoms with Gasteiger partial charge in [0.05, 0.1) is 25.8 Å². The number of carboxylic acid groups (broad SMARTS) is 1. The van der Waals surface area contributed by atoms with Crippen molar-refractivity contribution in [3.8, 4) is 33.9 Å². The summed E-state index contributed by atoms with van der Waals surface area (Å²) in [6.07, 6.45) is 8.34. The highest BCUT2D eigenvalue weighted by Crippen LogP contribution is 2.43. The minimum Gasteiger partial charge on any atom is -0.496 e. The van der Waals surface area contributed by atoms with Crippen LogP contribution in [0.3, 0.4) is 0 Å². The smallest absolute Gasteiger partial charge is 0.336 e. The van der Waals surface area contributed by atoms with Crippen molar-refractivity contribution in [3.63, 3.8) is 0 Å². The van der Waals surface area contributed by atoms with Gasteiger partial charge in [0.1, 0.15) is 35.9 Å². The molecule has 85 heavy (non-hydrogen) atoms. The average Bonchev–Trinajstić information content (AvgIpc) is 2.16. The second-order valence-electron chi connectivity index (χ2n) is 20.2. The largest absolute Gasteiger partial charge is 0.496 e. The van der Waals surface area contributed by atoms with Gasteiger partial charge in [-0.2, -0.15) is 0 Å². The quantitative estimate of drug-likeness (QED) is 0.0487. The third-order valence-electron chi connectivity index (χ3n) is 15.2. The van der Waals surface area contributed by atoms with Crippen LogP contribution in [0.4, 0.5) is 39.8 Å². The molecular formula is C76H71N4O5+. The van der Waals surface area contributed by atoms with Crippen LogP contribution in [0, 0.1) is 0 Å². The summed E-state index contributed by atoms with van der Waals surface area (Å²) in [4.78, 5) is 18.9. The molecule has 1 heterocycles. The van der Waals surface area contributed by atoms with Gasteiger partial charge in [-0.3, -0.25) is 0 Å². The lowest BCUT2D eigenvalue weighted by atomic mass is 9.90. The predicted molar refractivity (Wildman–Crippen MR) is 355 cm³/mol. The van der Waals surface area contributed by atoms with Crippen LogP contribution >= 0.6 is 0 Å². The lowest BCUT2D eigenvalue weighted by Gasteiger charge is -2.25. The Morgan fingerprint density at radius 2 is 0.882 bits per heavy atom. The van der Waals surface area contributed by atoms with Crippen LogP contribution in [0.5, 0.6) is 11.5 Å². The first-order chi connectivity index (χ1) is 41.7. The fraction of sp³-hybridized carbons (Fsp3) is 0.132. The molecule has 0 aromatic heterocycles. The molecule has 424 valence electrons. The highest BCUT2D eigenvalue weighted by Gasteiger charge is 2.23. The van der Waals surface area contributed by atoms with E-state index in [2.05, 4.69) is 253 Å². The van der Waals surface area contributed by atoms with Gasteiger partial charge >= 0.3 is 5.97 Å². The second-order valence-corrected chi connectivity index (χ2v) is 20.2. The van der Waals surface area contributed by atoms with Crippen LogP contribution in [-0.2, 0) is 0 Å². The summed E-state index contributed by atoms with van der Waals surface area (Å²) in [7, 11) is 3.40. The SMILES string of the molecule is CCN(CC)c1ccc2c(-c3ccccc3C(=O)O)c3ccc(=[N+](CC)CC)cc-3oc2c1.COc1cc(/C=C/c2ccc(N(c3ccccc3)c3ccccc3)cc2)c(OC)cc1/C=C/c1ccc(N(c2ccccc2)c2ccccc2)cc1. The van der Waals surface area contributed by atoms with E-state index < -0.39 is 5.97 Å². The van der Waals surface area contributed by atoms with E-state index in [0.717, 1.165) is 133 Å². The number of fused-ring (bicyclic) bond motifs is 2. The van der Waals surface area contributed by atoms with E-state index in [0.29, 0.717) is 5.56 Å². The summed E-state index contributed by atoms with van der Waals surface area (Å²) in [5.74, 6) is 1.35. The van der Waals surface area contributed by atoms with E-state index in [4.69, 9.17) is 13.9 Å². The van der Waals surface area contributed by atoms with E-state index in [1.807, 2.05) is 48.5 Å². The zero-order chi connectivity index (χ0) is 59.1. The number of methoxy groups -OCH3 is 2. The summed E-state index contributed by atoms with van der Waals surface area (Å²) >= 11 is 0. The average molecular weight is 1120 g/mol. The number of hydrogen-bond acceptors (Lipinski definition) is 7. The molecule has 1 aliphatic heterocycles. The molecule has 9 nitrogen and oxygen atoms in total. The number of aromatic carboxylic acids is 1. The Kier molecular flexibility index (Phi) is 18.8. The van der Waals surface area contributed by atoms with Crippen molar-refractivity contribution >= 4 is 81.1 Å². The number of carboxylic acids is 1. The number of ether oxygens (including phenoxy) is 2. The molecule has 9 aromatic rings. The molecule has 0 spiro atoms. The van der Waals surface area contributed by atoms with E-state index in [1.165, 1.54) is 0 Å². The number of rotatable bonds is 19. The molecule has 0 unspecified atom stereocenters. The lowest BCUT2D eigenvalue weighted by Crippen LogP contribution is -2.29. The van der Waals surface area contributed by atoms with Gasteiger partial charge in [-0.15, -0.1) is 0 Å². The number of nitrogens with zero attached hydrogens (tertiary/aromatic N) is 4. The molecule has 0 saturated carbocycles. The molecule has 9 aromatic carbocycles. The molecule has 0 radical (unpaired) electrons. The number of benzene rings is 10. The number of carbonyl (C=O) groups is 1. The third kappa shape index (κ3) is 13.3. The standard InChI is InChI=1S/C48H40N2O2.C28H30N2O3/c1-51-47-35-40(30-24-38-27-33-46(34-28-38)50(43-19-11-5-12-20-43)44-21-13-6-14-22-44)48(52-2)36-39(47)29-23-37-25-31-45(32-26-37)49(41-15-7-3-8-16-41)42-17-9-4-10-18-42;1-5-29(6-2)19-13-15-23-25(17-19)33-26-18-20(30(7-3)8-4)14-16-24(26)27(23)21-11-9-10-12-22(21)28(31)32/h3-36H,1-2H3;9-18H,5-8H2,1-4H3/p+1/b29-23+,30-24+;. The van der Waals surface area contributed by atoms with Gasteiger partial charge in [-0.25, -0.2) is 9.37 Å². The molecule has 11 rings (SSSR count). The van der Waals surface area contributed by atoms with Crippen LogP contribution < -0.4 is 34.1 Å². The van der Waals surface area contributed by atoms with Crippen LogP contribution in [0.15, 0.2) is 247 Å². The minimum atomic E-state index is -0.938. The zero-order valence-electron chi connectivity index (χ0n) is 49.1. The van der Waals surface area contributed by atoms with Gasteiger partial charge in [0.25, 0.3) is 0 Å². The van der Waals surface area contributed by atoms with Gasteiger partial charge in [0.2, 0.25) is 5.36 Å². The fourth-order valence-corrected chi connectivity index (χ4v) is 10.9. The van der Waals surface area contributed by atoms with Crippen molar-refractivity contribution in [3.05, 3.63) is 276 Å². The van der Waals surface area contributed by atoms with Crippen molar-refractivity contribution < 1.29 is 23.8 Å². The molecule has 0 fully saturated rings. The van der Waals surface area contributed by atoms with E-state index >= 15 is 0 Å². The summed E-state index contributed by atoms with van der Waals surface area (Å²) in [6, 6.07) is 82.5. The van der Waals surface area contributed by atoms with E-state index in [-0.39, 0.29) is 5.56 Å². The molecule has 1 N–H and O–H groups in total. The molecule has 1 aliphatic carbocycles. The Hall–Kier alpha value is -10.4. The first-order valence-corrected chi connectivity index (χ1v) is 29.0. The van der Waals surface area contributed by atoms with Crippen LogP contribution in [0.2, 0.25) is 0 Å². The molecule has 2 aliphatic rings. The summed E-state index contributed by atoms with van der Waals surface area (Å²) in [5, 5.41) is 11.9. The van der Waals surface area contributed by atoms with Crippen molar-refractivity contribution in [1.29, 1.82) is 0 Å². The summed E-state index contributed by atoms with van der Waals surface area (Å²) < 4.78 is 20.4. The van der Waals surface area contributed by atoms with Crippen molar-refractivity contribution in [1.82, 2.24) is 4.58 Å². The van der Waals surface area contributed by atoms with Crippen LogP contribution in [0.25, 0.3) is 57.7 Å². The molecule has 0 saturated heterocycles. The maximum absolute atomic E-state index is 12.1. The van der Waals surface area contributed by atoms with E-state index in [1.54, 1.807) is 26.4 Å². The molecule has 9 heteroatoms. The van der Waals surface area contributed by atoms with Crippen molar-refractivity contribution in [2.24, 2.45) is 0 Å². The predicted octanol–water partition coefficient (Wildman–Crippen LogP) is 18.5. The van der Waals surface area contributed by atoms with Gasteiger partial charge in [-0.1, -0.05) is 140 Å². The van der Waals surface area contributed by atoms with Crippen LogP contribution in [0.1, 0.15) is 60.3 Å². The zero-order valence-corrected chi connectivity index (χ0v) is 49.1. The Balaban J connectivity index is 0.000000209. The lowest BCUT2D eigenvalue weighted by molar-refractivity contribution is 0.0697. The topological polar surface area (TPSA) is 81.6 Å².